The predicted molar refractivity (Wildman–Crippen MR) is 59.6 cm³/mol. The number of hydrogen-bond donors (Lipinski definition) is 0. The standard InChI is InChI=1S/C14H12O/c1-12-6-5-9-14(10-12)15-11-13-7-3-2-4-8-13/h2-3,5-7,9-10H,11H2,1H3. The van der Waals surface area contributed by atoms with Crippen LogP contribution in [0.3, 0.4) is 0 Å². The molecule has 2 aromatic rings. The Morgan fingerprint density at radius 2 is 2.13 bits per heavy atom. The van der Waals surface area contributed by atoms with Gasteiger partial charge in [0.2, 0.25) is 0 Å². The molecule has 0 atom stereocenters. The van der Waals surface area contributed by atoms with E-state index in [1.54, 1.807) is 0 Å². The minimum absolute atomic E-state index is 0.542. The van der Waals surface area contributed by atoms with Crippen LogP contribution in [0.4, 0.5) is 0 Å². The van der Waals surface area contributed by atoms with Gasteiger partial charge in [0, 0.05) is 5.56 Å². The average molecular weight is 196 g/mol. The third kappa shape index (κ3) is 2.75. The third-order valence-electron chi connectivity index (χ3n) is 2.09. The molecule has 0 saturated heterocycles. The largest absolute Gasteiger partial charge is 0.488 e. The highest BCUT2D eigenvalue weighted by atomic mass is 16.5. The van der Waals surface area contributed by atoms with Gasteiger partial charge in [-0.1, -0.05) is 30.3 Å². The highest BCUT2D eigenvalue weighted by molar-refractivity contribution is 5.27. The molecule has 0 heterocycles. The van der Waals surface area contributed by atoms with Gasteiger partial charge in [-0.3, -0.25) is 0 Å². The van der Waals surface area contributed by atoms with Gasteiger partial charge >= 0.3 is 0 Å². The molecule has 1 heteroatoms. The second kappa shape index (κ2) is 4.52. The van der Waals surface area contributed by atoms with Crippen molar-refractivity contribution < 1.29 is 4.74 Å². The fourth-order valence-corrected chi connectivity index (χ4v) is 1.34. The Morgan fingerprint density at radius 3 is 2.87 bits per heavy atom. The van der Waals surface area contributed by atoms with Crippen molar-refractivity contribution in [2.24, 2.45) is 0 Å². The summed E-state index contributed by atoms with van der Waals surface area (Å²) < 4.78 is 5.62. The first kappa shape index (κ1) is 9.61. The lowest BCUT2D eigenvalue weighted by Gasteiger charge is -2.05. The van der Waals surface area contributed by atoms with Crippen LogP contribution in [0.5, 0.6) is 5.75 Å². The molecule has 0 radical (unpaired) electrons. The zero-order valence-electron chi connectivity index (χ0n) is 8.66. The van der Waals surface area contributed by atoms with Gasteiger partial charge in [-0.15, -0.1) is 0 Å². The molecule has 0 saturated carbocycles. The van der Waals surface area contributed by atoms with Crippen LogP contribution in [0, 0.1) is 19.1 Å². The summed E-state index contributed by atoms with van der Waals surface area (Å²) in [6, 6.07) is 19.7. The molecule has 0 bridgehead atoms. The second-order valence-corrected chi connectivity index (χ2v) is 3.43. The summed E-state index contributed by atoms with van der Waals surface area (Å²) in [5.41, 5.74) is 2.22. The van der Waals surface area contributed by atoms with Crippen molar-refractivity contribution in [2.75, 3.05) is 0 Å². The van der Waals surface area contributed by atoms with E-state index in [4.69, 9.17) is 4.74 Å². The van der Waals surface area contributed by atoms with Crippen LogP contribution in [0.1, 0.15) is 11.1 Å². The van der Waals surface area contributed by atoms with Crippen molar-refractivity contribution in [1.82, 2.24) is 0 Å². The van der Waals surface area contributed by atoms with Crippen LogP contribution in [0.15, 0.2) is 42.5 Å². The molecule has 0 aliphatic carbocycles. The number of aryl methyl sites for hydroxylation is 1. The molecule has 74 valence electrons. The molecule has 0 spiro atoms. The fraction of sp³-hybridized carbons (Fsp3) is 0.143. The summed E-state index contributed by atoms with van der Waals surface area (Å²) in [5.74, 6) is 0.896. The summed E-state index contributed by atoms with van der Waals surface area (Å²) in [5, 5.41) is 0. The van der Waals surface area contributed by atoms with Crippen LogP contribution in [-0.2, 0) is 6.61 Å². The van der Waals surface area contributed by atoms with Gasteiger partial charge < -0.3 is 4.74 Å². The maximum absolute atomic E-state index is 5.62. The van der Waals surface area contributed by atoms with E-state index in [1.807, 2.05) is 36.4 Å². The third-order valence-corrected chi connectivity index (χ3v) is 2.09. The van der Waals surface area contributed by atoms with Crippen molar-refractivity contribution in [3.63, 3.8) is 0 Å². The molecule has 0 aliphatic heterocycles. The Hall–Kier alpha value is -1.94. The summed E-state index contributed by atoms with van der Waals surface area (Å²) in [7, 11) is 0. The first-order chi connectivity index (χ1) is 7.34. The molecule has 2 rings (SSSR count). The Balaban J connectivity index is 1.99. The molecular formula is C14H12O. The van der Waals surface area contributed by atoms with Crippen LogP contribution in [-0.4, -0.2) is 0 Å². The molecule has 0 amide bonds. The van der Waals surface area contributed by atoms with E-state index >= 15 is 0 Å². The zero-order chi connectivity index (χ0) is 10.5. The monoisotopic (exact) mass is 196 g/mol. The molecule has 0 aliphatic rings. The van der Waals surface area contributed by atoms with Crippen LogP contribution in [0.25, 0.3) is 0 Å². The first-order valence-electron chi connectivity index (χ1n) is 4.91. The van der Waals surface area contributed by atoms with E-state index in [1.165, 1.54) is 5.56 Å². The van der Waals surface area contributed by atoms with Gasteiger partial charge in [-0.25, -0.2) is 0 Å². The van der Waals surface area contributed by atoms with Gasteiger partial charge in [-0.05, 0) is 36.8 Å². The Bertz CT molecular complexity index is 420. The minimum atomic E-state index is 0.542. The predicted octanol–water partition coefficient (Wildman–Crippen LogP) is 3.17. The molecule has 0 unspecified atom stereocenters. The van der Waals surface area contributed by atoms with Crippen molar-refractivity contribution in [1.29, 1.82) is 0 Å². The lowest BCUT2D eigenvalue weighted by atomic mass is 10.2. The summed E-state index contributed by atoms with van der Waals surface area (Å²) in [6.45, 7) is 2.59. The smallest absolute Gasteiger partial charge is 0.121 e. The van der Waals surface area contributed by atoms with Gasteiger partial charge in [0.25, 0.3) is 0 Å². The minimum Gasteiger partial charge on any atom is -0.488 e. The molecule has 0 fully saturated rings. The van der Waals surface area contributed by atoms with Gasteiger partial charge in [0.15, 0.2) is 0 Å². The van der Waals surface area contributed by atoms with E-state index in [0.29, 0.717) is 6.61 Å². The molecule has 2 aromatic carbocycles. The molecular weight excluding hydrogens is 184 g/mol. The summed E-state index contributed by atoms with van der Waals surface area (Å²) in [6.07, 6.45) is 0. The maximum Gasteiger partial charge on any atom is 0.121 e. The fourth-order valence-electron chi connectivity index (χ4n) is 1.34. The highest BCUT2D eigenvalue weighted by Gasteiger charge is 1.94. The van der Waals surface area contributed by atoms with Crippen LogP contribution in [0.2, 0.25) is 0 Å². The topological polar surface area (TPSA) is 9.23 Å². The number of hydrogen-bond acceptors (Lipinski definition) is 1. The number of rotatable bonds is 3. The lowest BCUT2D eigenvalue weighted by Crippen LogP contribution is -1.94. The van der Waals surface area contributed by atoms with Crippen molar-refractivity contribution >= 4 is 0 Å². The number of ether oxygens (including phenoxy) is 1. The Kier molecular flexibility index (Phi) is 2.90. The lowest BCUT2D eigenvalue weighted by molar-refractivity contribution is 0.306. The van der Waals surface area contributed by atoms with E-state index < -0.39 is 0 Å². The second-order valence-electron chi connectivity index (χ2n) is 3.43. The van der Waals surface area contributed by atoms with Gasteiger partial charge in [-0.2, -0.15) is 0 Å². The van der Waals surface area contributed by atoms with Crippen LogP contribution >= 0.6 is 0 Å². The first-order valence-corrected chi connectivity index (χ1v) is 4.91. The van der Waals surface area contributed by atoms with E-state index in [-0.39, 0.29) is 0 Å². The quantitative estimate of drug-likeness (QED) is 0.732. The van der Waals surface area contributed by atoms with Crippen molar-refractivity contribution in [3.05, 3.63) is 65.7 Å². The summed E-state index contributed by atoms with van der Waals surface area (Å²) >= 11 is 0. The molecule has 0 aromatic heterocycles. The molecule has 1 nitrogen and oxygen atoms in total. The van der Waals surface area contributed by atoms with Gasteiger partial charge in [0.1, 0.15) is 12.4 Å². The summed E-state index contributed by atoms with van der Waals surface area (Å²) in [4.78, 5) is 0. The molecule has 0 N–H and O–H groups in total. The van der Waals surface area contributed by atoms with Crippen molar-refractivity contribution in [2.45, 2.75) is 13.5 Å². The Labute approximate surface area is 90.3 Å². The van der Waals surface area contributed by atoms with E-state index in [2.05, 4.69) is 25.1 Å². The SMILES string of the molecule is Cc1cccc(OCc2c#cccc2)c1. The maximum atomic E-state index is 5.62. The number of benzene rings is 1. The highest BCUT2D eigenvalue weighted by Crippen LogP contribution is 2.13. The normalized spacial score (nSPS) is 9.40. The van der Waals surface area contributed by atoms with Crippen LogP contribution < -0.4 is 4.74 Å². The Morgan fingerprint density at radius 1 is 1.20 bits per heavy atom. The average Bonchev–Trinajstić information content (AvgIpc) is 2.28. The van der Waals surface area contributed by atoms with E-state index in [9.17, 15) is 0 Å². The molecule has 15 heavy (non-hydrogen) atoms. The van der Waals surface area contributed by atoms with Gasteiger partial charge in [0.05, 0.1) is 0 Å². The van der Waals surface area contributed by atoms with Crippen molar-refractivity contribution in [3.8, 4) is 5.75 Å². The van der Waals surface area contributed by atoms with E-state index in [0.717, 1.165) is 11.3 Å². The zero-order valence-corrected chi connectivity index (χ0v) is 8.66.